The molecule has 2 N–H and O–H groups in total. The first-order valence-electron chi connectivity index (χ1n) is 13.3. The number of rotatable bonds is 8. The molecule has 1 saturated heterocycles. The fourth-order valence-electron chi connectivity index (χ4n) is 4.87. The molecule has 11 heteroatoms. The average Bonchev–Trinajstić information content (AvgIpc) is 3.36. The first kappa shape index (κ1) is 30.7. The van der Waals surface area contributed by atoms with Gasteiger partial charge in [0.15, 0.2) is 12.2 Å². The highest BCUT2D eigenvalue weighted by Crippen LogP contribution is 2.39. The smallest absolute Gasteiger partial charge is 0.305 e. The van der Waals surface area contributed by atoms with Gasteiger partial charge in [-0.25, -0.2) is 0 Å². The molecule has 0 bridgehead atoms. The largest absolute Gasteiger partial charge is 0.455 e. The van der Waals surface area contributed by atoms with Gasteiger partial charge in [0.05, 0.1) is 0 Å². The molecule has 0 amide bonds. The predicted octanol–water partition coefficient (Wildman–Crippen LogP) is 4.65. The molecule has 2 heterocycles. The maximum absolute atomic E-state index is 12.2. The third-order valence-electron chi connectivity index (χ3n) is 6.58. The van der Waals surface area contributed by atoms with Gasteiger partial charge in [0.1, 0.15) is 6.10 Å². The second-order valence-corrected chi connectivity index (χ2v) is 11.2. The summed E-state index contributed by atoms with van der Waals surface area (Å²) < 4.78 is 28.0. The van der Waals surface area contributed by atoms with Crippen LogP contribution in [-0.2, 0) is 49.3 Å². The minimum Gasteiger partial charge on any atom is -0.455 e. The molecule has 0 saturated carbocycles. The van der Waals surface area contributed by atoms with E-state index in [-0.39, 0.29) is 0 Å². The van der Waals surface area contributed by atoms with Crippen LogP contribution in [0.25, 0.3) is 10.4 Å². The van der Waals surface area contributed by atoms with Gasteiger partial charge < -0.3 is 29.4 Å². The minimum absolute atomic E-state index is 0.588. The molecule has 10 nitrogen and oxygen atoms in total. The van der Waals surface area contributed by atoms with E-state index in [2.05, 4.69) is 12.1 Å². The van der Waals surface area contributed by atoms with E-state index >= 15 is 0 Å². The lowest BCUT2D eigenvalue weighted by molar-refractivity contribution is -0.298. The Morgan fingerprint density at radius 2 is 1.43 bits per heavy atom. The molecule has 0 aliphatic carbocycles. The summed E-state index contributed by atoms with van der Waals surface area (Å²) in [6, 6.07) is 17.4. The summed E-state index contributed by atoms with van der Waals surface area (Å²) in [6.45, 7) is 6.68. The van der Waals surface area contributed by atoms with E-state index in [0.717, 1.165) is 33.4 Å². The van der Waals surface area contributed by atoms with Crippen molar-refractivity contribution in [2.45, 2.75) is 71.7 Å². The van der Waals surface area contributed by atoms with Gasteiger partial charge in [0.25, 0.3) is 0 Å². The van der Waals surface area contributed by atoms with Crippen LogP contribution in [0.2, 0.25) is 0 Å². The second kappa shape index (κ2) is 13.2. The zero-order valence-electron chi connectivity index (χ0n) is 23.9. The summed E-state index contributed by atoms with van der Waals surface area (Å²) in [4.78, 5) is 50.4. The summed E-state index contributed by atoms with van der Waals surface area (Å²) in [5.41, 5.74) is 10.3. The Labute approximate surface area is 247 Å². The summed E-state index contributed by atoms with van der Waals surface area (Å²) in [7, 11) is 0. The van der Waals surface area contributed by atoms with Crippen molar-refractivity contribution < 1.29 is 42.9 Å². The lowest BCUT2D eigenvalue weighted by atomic mass is 9.90. The van der Waals surface area contributed by atoms with Crippen LogP contribution in [0.4, 0.5) is 5.69 Å². The van der Waals surface area contributed by atoms with E-state index in [1.165, 1.54) is 20.8 Å². The van der Waals surface area contributed by atoms with Gasteiger partial charge in [-0.05, 0) is 53.4 Å². The highest BCUT2D eigenvalue weighted by molar-refractivity contribution is 7.15. The van der Waals surface area contributed by atoms with Gasteiger partial charge in [-0.1, -0.05) is 30.3 Å². The summed E-state index contributed by atoms with van der Waals surface area (Å²) in [6.07, 6.45) is -5.77. The van der Waals surface area contributed by atoms with E-state index in [1.54, 1.807) is 17.4 Å². The number of hydrogen-bond acceptors (Lipinski definition) is 11. The van der Waals surface area contributed by atoms with Crippen LogP contribution in [-0.4, -0.2) is 48.5 Å². The maximum atomic E-state index is 12.2. The van der Waals surface area contributed by atoms with Crippen LogP contribution < -0.4 is 5.73 Å². The van der Waals surface area contributed by atoms with Gasteiger partial charge in [0, 0.05) is 49.6 Å². The Hall–Kier alpha value is -4.22. The molecule has 4 rings (SSSR count). The van der Waals surface area contributed by atoms with Crippen molar-refractivity contribution in [3.05, 3.63) is 76.2 Å². The number of thiophene rings is 1. The maximum Gasteiger partial charge on any atom is 0.305 e. The highest BCUT2D eigenvalue weighted by atomic mass is 32.1. The number of carbonyl (C=O) groups excluding carboxylic acids is 4. The fourth-order valence-corrected chi connectivity index (χ4v) is 5.89. The van der Waals surface area contributed by atoms with E-state index < -0.39 is 54.6 Å². The number of aryl methyl sites for hydroxylation is 1. The molecule has 1 aromatic heterocycles. The van der Waals surface area contributed by atoms with Crippen LogP contribution in [0, 0.1) is 6.92 Å². The number of anilines is 1. The Morgan fingerprint density at radius 1 is 0.786 bits per heavy atom. The molecule has 0 spiro atoms. The fraction of sp³-hybridized carbons (Fsp3) is 0.355. The second-order valence-electron chi connectivity index (χ2n) is 10.0. The summed E-state index contributed by atoms with van der Waals surface area (Å²) >= 11 is 1.65. The van der Waals surface area contributed by atoms with Crippen LogP contribution in [0.3, 0.4) is 0 Å². The Kier molecular flexibility index (Phi) is 9.64. The molecule has 42 heavy (non-hydrogen) atoms. The average molecular weight is 596 g/mol. The molecule has 2 aromatic carbocycles. The Bertz CT molecular complexity index is 1480. The number of benzene rings is 2. The number of hydrogen-bond donors (Lipinski definition) is 1. The number of nitrogens with two attached hydrogens (primary N) is 1. The van der Waals surface area contributed by atoms with Crippen molar-refractivity contribution >= 4 is 40.9 Å². The quantitative estimate of drug-likeness (QED) is 0.222. The molecule has 1 aliphatic rings. The van der Waals surface area contributed by atoms with Crippen LogP contribution in [0.15, 0.2) is 54.6 Å². The van der Waals surface area contributed by atoms with Gasteiger partial charge in [-0.15, -0.1) is 11.3 Å². The standard InChI is InChI=1S/C31H33NO9S/c1-16-9-10-22(13-23(16)15-25-11-12-26(42-25)21-7-6-8-24(32)14-21)27-28(37-17(2)33)29(38-18(3)34)30(39-19(4)35)31(41-27)40-20(5)36/h6-14,27-31H,15,32H2,1-5H3. The summed E-state index contributed by atoms with van der Waals surface area (Å²) in [5, 5.41) is 0. The zero-order chi connectivity index (χ0) is 30.6. The molecule has 0 radical (unpaired) electrons. The molecule has 222 valence electrons. The lowest BCUT2D eigenvalue weighted by Gasteiger charge is -2.44. The van der Waals surface area contributed by atoms with Crippen molar-refractivity contribution in [1.29, 1.82) is 0 Å². The Morgan fingerprint density at radius 3 is 2.07 bits per heavy atom. The van der Waals surface area contributed by atoms with E-state index in [0.29, 0.717) is 17.7 Å². The van der Waals surface area contributed by atoms with Crippen LogP contribution in [0.1, 0.15) is 55.4 Å². The molecular weight excluding hydrogens is 562 g/mol. The SMILES string of the molecule is CC(=O)OC1OC(c2ccc(C)c(Cc3ccc(-c4cccc(N)c4)s3)c2)C(OC(C)=O)C(OC(C)=O)C1OC(C)=O. The van der Waals surface area contributed by atoms with Gasteiger partial charge in [-0.3, -0.25) is 19.2 Å². The summed E-state index contributed by atoms with van der Waals surface area (Å²) in [5.74, 6) is -2.82. The van der Waals surface area contributed by atoms with Crippen molar-refractivity contribution in [2.75, 3.05) is 5.73 Å². The monoisotopic (exact) mass is 595 g/mol. The molecule has 3 aromatic rings. The van der Waals surface area contributed by atoms with Crippen molar-refractivity contribution in [2.24, 2.45) is 0 Å². The first-order chi connectivity index (χ1) is 19.9. The number of esters is 4. The van der Waals surface area contributed by atoms with E-state index in [1.807, 2.05) is 43.3 Å². The van der Waals surface area contributed by atoms with Gasteiger partial charge in [-0.2, -0.15) is 0 Å². The molecule has 1 fully saturated rings. The van der Waals surface area contributed by atoms with Gasteiger partial charge in [0.2, 0.25) is 12.4 Å². The predicted molar refractivity (Wildman–Crippen MR) is 154 cm³/mol. The lowest BCUT2D eigenvalue weighted by Crippen LogP contribution is -2.59. The first-order valence-corrected chi connectivity index (χ1v) is 14.1. The molecule has 5 atom stereocenters. The van der Waals surface area contributed by atoms with E-state index in [4.69, 9.17) is 29.4 Å². The van der Waals surface area contributed by atoms with Crippen molar-refractivity contribution in [3.8, 4) is 10.4 Å². The number of nitrogen functional groups attached to an aromatic ring is 1. The minimum atomic E-state index is -1.43. The molecule has 5 unspecified atom stereocenters. The third kappa shape index (κ3) is 7.54. The number of ether oxygens (including phenoxy) is 5. The Balaban J connectivity index is 1.71. The van der Waals surface area contributed by atoms with Gasteiger partial charge >= 0.3 is 23.9 Å². The molecular formula is C31H33NO9S. The van der Waals surface area contributed by atoms with Crippen LogP contribution in [0.5, 0.6) is 0 Å². The third-order valence-corrected chi connectivity index (χ3v) is 7.72. The topological polar surface area (TPSA) is 140 Å². The van der Waals surface area contributed by atoms with Crippen molar-refractivity contribution in [1.82, 2.24) is 0 Å². The normalized spacial score (nSPS) is 21.7. The zero-order valence-corrected chi connectivity index (χ0v) is 24.8. The van der Waals surface area contributed by atoms with E-state index in [9.17, 15) is 19.2 Å². The highest BCUT2D eigenvalue weighted by Gasteiger charge is 2.53. The number of carbonyl (C=O) groups is 4. The molecule has 1 aliphatic heterocycles. The van der Waals surface area contributed by atoms with Crippen LogP contribution >= 0.6 is 11.3 Å². The van der Waals surface area contributed by atoms with Crippen molar-refractivity contribution in [3.63, 3.8) is 0 Å².